The van der Waals surface area contributed by atoms with E-state index in [4.69, 9.17) is 11.6 Å². The van der Waals surface area contributed by atoms with E-state index in [-0.39, 0.29) is 12.4 Å². The summed E-state index contributed by atoms with van der Waals surface area (Å²) in [6.07, 6.45) is 0.152. The van der Waals surface area contributed by atoms with Gasteiger partial charge < -0.3 is 4.74 Å². The highest BCUT2D eigenvalue weighted by atomic mass is 35.5. The van der Waals surface area contributed by atoms with Crippen molar-refractivity contribution < 1.29 is 9.53 Å². The number of nitrogens with zero attached hydrogens (tertiary/aromatic N) is 1. The first-order valence-electron chi connectivity index (χ1n) is 2.88. The average Bonchev–Trinajstić information content (AvgIpc) is 2.37. The largest absolute Gasteiger partial charge is 0.469 e. The van der Waals surface area contributed by atoms with E-state index in [0.29, 0.717) is 10.0 Å². The molecule has 1 aromatic heterocycles. The number of carbonyl (C=O) groups is 1. The molecule has 0 N–H and O–H groups in total. The fourth-order valence-corrected chi connectivity index (χ4v) is 1.35. The third-order valence-corrected chi connectivity index (χ3v) is 2.27. The molecule has 60 valence electrons. The molecule has 3 nitrogen and oxygen atoms in total. The van der Waals surface area contributed by atoms with Gasteiger partial charge in [-0.15, -0.1) is 11.3 Å². The molecule has 0 bridgehead atoms. The van der Waals surface area contributed by atoms with Crippen molar-refractivity contribution in [3.63, 3.8) is 0 Å². The van der Waals surface area contributed by atoms with E-state index in [2.05, 4.69) is 9.72 Å². The standard InChI is InChI=1S/C6H6ClNO2S/c1-10-5(9)2-4-6(7)11-3-8-4/h3H,2H2,1H3. The van der Waals surface area contributed by atoms with Crippen molar-refractivity contribution in [2.75, 3.05) is 7.11 Å². The van der Waals surface area contributed by atoms with Crippen molar-refractivity contribution in [2.45, 2.75) is 6.42 Å². The van der Waals surface area contributed by atoms with Gasteiger partial charge in [0.1, 0.15) is 4.34 Å². The van der Waals surface area contributed by atoms with Crippen LogP contribution in [0, 0.1) is 0 Å². The lowest BCUT2D eigenvalue weighted by atomic mass is 10.3. The van der Waals surface area contributed by atoms with E-state index in [1.165, 1.54) is 18.4 Å². The van der Waals surface area contributed by atoms with Gasteiger partial charge in [-0.2, -0.15) is 0 Å². The summed E-state index contributed by atoms with van der Waals surface area (Å²) in [6.45, 7) is 0. The predicted molar refractivity (Wildman–Crippen MR) is 42.8 cm³/mol. The van der Waals surface area contributed by atoms with Gasteiger partial charge in [-0.05, 0) is 0 Å². The maximum absolute atomic E-state index is 10.7. The van der Waals surface area contributed by atoms with Gasteiger partial charge >= 0.3 is 5.97 Å². The molecule has 1 rings (SSSR count). The lowest BCUT2D eigenvalue weighted by molar-refractivity contribution is -0.139. The zero-order valence-electron chi connectivity index (χ0n) is 5.83. The fourth-order valence-electron chi connectivity index (χ4n) is 0.579. The number of carbonyl (C=O) groups excluding carboxylic acids is 1. The Bertz CT molecular complexity index is 261. The second kappa shape index (κ2) is 3.69. The molecule has 0 fully saturated rings. The van der Waals surface area contributed by atoms with Gasteiger partial charge in [0.15, 0.2) is 0 Å². The smallest absolute Gasteiger partial charge is 0.311 e. The van der Waals surface area contributed by atoms with E-state index in [1.807, 2.05) is 0 Å². The molecule has 0 aromatic carbocycles. The van der Waals surface area contributed by atoms with Crippen molar-refractivity contribution in [1.29, 1.82) is 0 Å². The molecule has 0 radical (unpaired) electrons. The van der Waals surface area contributed by atoms with Crippen LogP contribution in [0.15, 0.2) is 5.51 Å². The molecule has 0 aliphatic heterocycles. The molecule has 1 heterocycles. The molecular weight excluding hydrogens is 186 g/mol. The van der Waals surface area contributed by atoms with Crippen molar-refractivity contribution in [3.05, 3.63) is 15.5 Å². The normalized spacial score (nSPS) is 9.64. The molecule has 5 heteroatoms. The summed E-state index contributed by atoms with van der Waals surface area (Å²) in [7, 11) is 1.34. The maximum atomic E-state index is 10.7. The van der Waals surface area contributed by atoms with E-state index in [1.54, 1.807) is 5.51 Å². The second-order valence-electron chi connectivity index (χ2n) is 1.83. The van der Waals surface area contributed by atoms with Crippen LogP contribution < -0.4 is 0 Å². The minimum absolute atomic E-state index is 0.152. The number of rotatable bonds is 2. The lowest BCUT2D eigenvalue weighted by Crippen LogP contribution is -2.04. The van der Waals surface area contributed by atoms with Crippen LogP contribution in [0.5, 0.6) is 0 Å². The molecular formula is C6H6ClNO2S. The minimum Gasteiger partial charge on any atom is -0.469 e. The molecule has 1 aromatic rings. The Hall–Kier alpha value is -0.610. The van der Waals surface area contributed by atoms with Gasteiger partial charge in [0, 0.05) is 0 Å². The highest BCUT2D eigenvalue weighted by Gasteiger charge is 2.08. The molecule has 0 aliphatic rings. The van der Waals surface area contributed by atoms with Crippen molar-refractivity contribution >= 4 is 28.9 Å². The third-order valence-electron chi connectivity index (χ3n) is 1.13. The number of halogens is 1. The average molecular weight is 192 g/mol. The van der Waals surface area contributed by atoms with Crippen LogP contribution in [0.3, 0.4) is 0 Å². The maximum Gasteiger partial charge on any atom is 0.311 e. The number of ether oxygens (including phenoxy) is 1. The molecule has 0 aliphatic carbocycles. The van der Waals surface area contributed by atoms with Crippen LogP contribution in [0.25, 0.3) is 0 Å². The van der Waals surface area contributed by atoms with Gasteiger partial charge in [0.2, 0.25) is 0 Å². The zero-order valence-corrected chi connectivity index (χ0v) is 7.41. The van der Waals surface area contributed by atoms with E-state index in [0.717, 1.165) is 0 Å². The fraction of sp³-hybridized carbons (Fsp3) is 0.333. The van der Waals surface area contributed by atoms with Gasteiger partial charge in [-0.3, -0.25) is 4.79 Å². The SMILES string of the molecule is COC(=O)Cc1ncsc1Cl. The van der Waals surface area contributed by atoms with Gasteiger partial charge in [0.05, 0.1) is 24.7 Å². The molecule has 0 unspecified atom stereocenters. The Morgan fingerprint density at radius 2 is 2.64 bits per heavy atom. The summed E-state index contributed by atoms with van der Waals surface area (Å²) in [5.74, 6) is -0.321. The molecule has 0 atom stereocenters. The molecule has 0 spiro atoms. The number of hydrogen-bond donors (Lipinski definition) is 0. The summed E-state index contributed by atoms with van der Waals surface area (Å²) >= 11 is 6.99. The Morgan fingerprint density at radius 3 is 3.09 bits per heavy atom. The molecule has 11 heavy (non-hydrogen) atoms. The van der Waals surface area contributed by atoms with Crippen molar-refractivity contribution in [3.8, 4) is 0 Å². The summed E-state index contributed by atoms with van der Waals surface area (Å²) in [5.41, 5.74) is 2.18. The molecule has 0 saturated heterocycles. The quantitative estimate of drug-likeness (QED) is 0.666. The summed E-state index contributed by atoms with van der Waals surface area (Å²) in [4.78, 5) is 14.6. The second-order valence-corrected chi connectivity index (χ2v) is 3.28. The van der Waals surface area contributed by atoms with Crippen LogP contribution in [0.4, 0.5) is 0 Å². The Morgan fingerprint density at radius 1 is 1.91 bits per heavy atom. The number of methoxy groups -OCH3 is 1. The van der Waals surface area contributed by atoms with Crippen molar-refractivity contribution in [2.24, 2.45) is 0 Å². The van der Waals surface area contributed by atoms with E-state index < -0.39 is 0 Å². The lowest BCUT2D eigenvalue weighted by Gasteiger charge is -1.94. The number of aromatic nitrogens is 1. The summed E-state index contributed by atoms with van der Waals surface area (Å²) < 4.78 is 5.00. The number of thiazole rings is 1. The highest BCUT2D eigenvalue weighted by Crippen LogP contribution is 2.19. The van der Waals surface area contributed by atoms with Gasteiger partial charge in [-0.1, -0.05) is 11.6 Å². The molecule has 0 amide bonds. The van der Waals surface area contributed by atoms with Crippen LogP contribution in [0.2, 0.25) is 4.34 Å². The van der Waals surface area contributed by atoms with Gasteiger partial charge in [-0.25, -0.2) is 4.98 Å². The van der Waals surface area contributed by atoms with Crippen LogP contribution in [-0.4, -0.2) is 18.1 Å². The van der Waals surface area contributed by atoms with Crippen LogP contribution in [0.1, 0.15) is 5.69 Å². The van der Waals surface area contributed by atoms with Gasteiger partial charge in [0.25, 0.3) is 0 Å². The van der Waals surface area contributed by atoms with Crippen molar-refractivity contribution in [1.82, 2.24) is 4.98 Å². The first kappa shape index (κ1) is 8.49. The first-order valence-corrected chi connectivity index (χ1v) is 4.14. The summed E-state index contributed by atoms with van der Waals surface area (Å²) in [5, 5.41) is 0. The Balaban J connectivity index is 2.64. The van der Waals surface area contributed by atoms with Crippen LogP contribution in [-0.2, 0) is 16.0 Å². The van der Waals surface area contributed by atoms with E-state index in [9.17, 15) is 4.79 Å². The number of hydrogen-bond acceptors (Lipinski definition) is 4. The third kappa shape index (κ3) is 2.17. The molecule has 0 saturated carbocycles. The predicted octanol–water partition coefficient (Wildman–Crippen LogP) is 1.51. The van der Waals surface area contributed by atoms with E-state index >= 15 is 0 Å². The Labute approximate surface area is 73.0 Å². The Kier molecular flexibility index (Phi) is 2.84. The topological polar surface area (TPSA) is 39.2 Å². The minimum atomic E-state index is -0.321. The summed E-state index contributed by atoms with van der Waals surface area (Å²) in [6, 6.07) is 0. The van der Waals surface area contributed by atoms with Crippen LogP contribution >= 0.6 is 22.9 Å². The monoisotopic (exact) mass is 191 g/mol. The zero-order chi connectivity index (χ0) is 8.27. The number of esters is 1. The first-order chi connectivity index (χ1) is 5.24. The highest BCUT2D eigenvalue weighted by molar-refractivity contribution is 7.14.